The minimum Gasteiger partial charge on any atom is -0.463 e. The number of hydrogen-bond donors (Lipinski definition) is 0. The molecule has 1 aromatic carbocycles. The van der Waals surface area contributed by atoms with E-state index < -0.39 is 11.9 Å². The van der Waals surface area contributed by atoms with Gasteiger partial charge < -0.3 is 13.7 Å². The first-order chi connectivity index (χ1) is 16.2. The van der Waals surface area contributed by atoms with Gasteiger partial charge in [0.05, 0.1) is 18.6 Å². The Morgan fingerprint density at radius 3 is 2.47 bits per heavy atom. The van der Waals surface area contributed by atoms with Crippen LogP contribution in [0, 0.1) is 13.8 Å². The molecule has 34 heavy (non-hydrogen) atoms. The number of carbonyl (C=O) groups excluding carboxylic acids is 3. The van der Waals surface area contributed by atoms with Gasteiger partial charge in [-0.05, 0) is 79.1 Å². The Morgan fingerprint density at radius 2 is 1.82 bits per heavy atom. The molecule has 0 bridgehead atoms. The molecular weight excluding hydrogens is 452 g/mol. The first kappa shape index (κ1) is 23.6. The van der Waals surface area contributed by atoms with Crippen LogP contribution in [0.15, 0.2) is 51.8 Å². The fourth-order valence-corrected chi connectivity index (χ4v) is 4.78. The molecule has 1 aliphatic rings. The normalized spacial score (nSPS) is 15.1. The zero-order chi connectivity index (χ0) is 24.6. The Kier molecular flexibility index (Phi) is 6.52. The van der Waals surface area contributed by atoms with E-state index in [9.17, 15) is 14.4 Å². The van der Waals surface area contributed by atoms with Crippen molar-refractivity contribution in [3.63, 3.8) is 0 Å². The van der Waals surface area contributed by atoms with Crippen molar-refractivity contribution in [2.75, 3.05) is 7.11 Å². The van der Waals surface area contributed by atoms with Crippen LogP contribution in [-0.4, -0.2) is 33.7 Å². The molecule has 0 saturated carbocycles. The van der Waals surface area contributed by atoms with E-state index in [1.807, 2.05) is 19.9 Å². The molecule has 7 nitrogen and oxygen atoms in total. The van der Waals surface area contributed by atoms with Crippen molar-refractivity contribution >= 4 is 35.0 Å². The standard InChI is InChI=1S/C26H26N2O5S/c1-15(2)18-6-8-20(9-7-18)28-16(3)12-19(17(28)4)13-23-24(29)27(26(31)34-23)14-21-10-11-22(33-21)25(30)32-5/h6-13,15H,14H2,1-5H3/b23-13+. The molecule has 4 rings (SSSR count). The van der Waals surface area contributed by atoms with E-state index >= 15 is 0 Å². The highest BCUT2D eigenvalue weighted by molar-refractivity contribution is 8.18. The number of methoxy groups -OCH3 is 1. The van der Waals surface area contributed by atoms with Crippen LogP contribution in [0.4, 0.5) is 4.79 Å². The summed E-state index contributed by atoms with van der Waals surface area (Å²) in [6, 6.07) is 13.5. The number of amides is 2. The van der Waals surface area contributed by atoms with E-state index in [2.05, 4.69) is 47.4 Å². The molecular formula is C26H26N2O5S. The number of nitrogens with zero attached hydrogens (tertiary/aromatic N) is 2. The number of benzene rings is 1. The van der Waals surface area contributed by atoms with Crippen molar-refractivity contribution in [1.29, 1.82) is 0 Å². The van der Waals surface area contributed by atoms with E-state index in [1.165, 1.54) is 18.7 Å². The maximum Gasteiger partial charge on any atom is 0.373 e. The van der Waals surface area contributed by atoms with Crippen molar-refractivity contribution in [2.45, 2.75) is 40.2 Å². The lowest BCUT2D eigenvalue weighted by Crippen LogP contribution is -2.27. The first-order valence-electron chi connectivity index (χ1n) is 10.9. The summed E-state index contributed by atoms with van der Waals surface area (Å²) in [4.78, 5) is 38.6. The highest BCUT2D eigenvalue weighted by Crippen LogP contribution is 2.35. The Balaban J connectivity index is 1.57. The summed E-state index contributed by atoms with van der Waals surface area (Å²) >= 11 is 0.894. The van der Waals surface area contributed by atoms with Gasteiger partial charge >= 0.3 is 5.97 Å². The number of aromatic nitrogens is 1. The third kappa shape index (κ3) is 4.46. The van der Waals surface area contributed by atoms with Crippen LogP contribution < -0.4 is 0 Å². The average Bonchev–Trinajstić information content (AvgIpc) is 3.47. The Labute approximate surface area is 202 Å². The zero-order valence-electron chi connectivity index (χ0n) is 19.7. The van der Waals surface area contributed by atoms with Crippen LogP contribution in [0.25, 0.3) is 11.8 Å². The second-order valence-electron chi connectivity index (χ2n) is 8.43. The first-order valence-corrected chi connectivity index (χ1v) is 11.7. The summed E-state index contributed by atoms with van der Waals surface area (Å²) in [5.41, 5.74) is 5.21. The second-order valence-corrected chi connectivity index (χ2v) is 9.43. The van der Waals surface area contributed by atoms with E-state index in [-0.39, 0.29) is 17.5 Å². The summed E-state index contributed by atoms with van der Waals surface area (Å²) in [7, 11) is 1.25. The monoisotopic (exact) mass is 478 g/mol. The number of esters is 1. The molecule has 3 heterocycles. The molecule has 2 aromatic heterocycles. The maximum absolute atomic E-state index is 13.0. The van der Waals surface area contributed by atoms with Gasteiger partial charge in [0.1, 0.15) is 5.76 Å². The summed E-state index contributed by atoms with van der Waals surface area (Å²) in [5.74, 6) is -0.201. The quantitative estimate of drug-likeness (QED) is 0.327. The SMILES string of the molecule is COC(=O)c1ccc(CN2C(=O)S/C(=C/c3cc(C)n(-c4ccc(C(C)C)cc4)c3C)C2=O)o1. The van der Waals surface area contributed by atoms with Crippen molar-refractivity contribution in [3.8, 4) is 5.69 Å². The number of furan rings is 1. The van der Waals surface area contributed by atoms with Crippen LogP contribution in [-0.2, 0) is 16.1 Å². The minimum absolute atomic E-state index is 0.0221. The van der Waals surface area contributed by atoms with Crippen LogP contribution >= 0.6 is 11.8 Å². The Bertz CT molecular complexity index is 1300. The fraction of sp³-hybridized carbons (Fsp3) is 0.269. The molecule has 1 fully saturated rings. The number of thioether (sulfide) groups is 1. The van der Waals surface area contributed by atoms with Gasteiger partial charge in [0.2, 0.25) is 5.76 Å². The van der Waals surface area contributed by atoms with Crippen molar-refractivity contribution in [3.05, 3.63) is 81.4 Å². The highest BCUT2D eigenvalue weighted by atomic mass is 32.2. The third-order valence-electron chi connectivity index (χ3n) is 5.81. The summed E-state index contributed by atoms with van der Waals surface area (Å²) in [6.45, 7) is 8.28. The number of ether oxygens (including phenoxy) is 1. The lowest BCUT2D eigenvalue weighted by atomic mass is 10.0. The topological polar surface area (TPSA) is 81.8 Å². The second kappa shape index (κ2) is 9.38. The predicted octanol–water partition coefficient (Wildman–Crippen LogP) is 5.83. The molecule has 0 radical (unpaired) electrons. The number of aryl methyl sites for hydroxylation is 1. The lowest BCUT2D eigenvalue weighted by molar-refractivity contribution is -0.123. The van der Waals surface area contributed by atoms with Gasteiger partial charge in [0.25, 0.3) is 11.1 Å². The summed E-state index contributed by atoms with van der Waals surface area (Å²) in [6.07, 6.45) is 1.76. The van der Waals surface area contributed by atoms with Gasteiger partial charge in [-0.1, -0.05) is 26.0 Å². The molecule has 0 spiro atoms. The molecule has 0 N–H and O–H groups in total. The van der Waals surface area contributed by atoms with Crippen LogP contribution in [0.3, 0.4) is 0 Å². The average molecular weight is 479 g/mol. The van der Waals surface area contributed by atoms with Gasteiger partial charge in [-0.2, -0.15) is 0 Å². The van der Waals surface area contributed by atoms with Gasteiger partial charge in [0, 0.05) is 17.1 Å². The number of rotatable bonds is 6. The van der Waals surface area contributed by atoms with Crippen molar-refractivity contribution in [1.82, 2.24) is 9.47 Å². The van der Waals surface area contributed by atoms with Gasteiger partial charge in [0.15, 0.2) is 0 Å². The molecule has 0 atom stereocenters. The van der Waals surface area contributed by atoms with Crippen LogP contribution in [0.2, 0.25) is 0 Å². The van der Waals surface area contributed by atoms with Crippen molar-refractivity contribution in [2.24, 2.45) is 0 Å². The van der Waals surface area contributed by atoms with E-state index in [1.54, 1.807) is 12.1 Å². The fourth-order valence-electron chi connectivity index (χ4n) is 3.95. The molecule has 176 valence electrons. The smallest absolute Gasteiger partial charge is 0.373 e. The number of hydrogen-bond acceptors (Lipinski definition) is 6. The summed E-state index contributed by atoms with van der Waals surface area (Å²) < 4.78 is 12.2. The molecule has 0 unspecified atom stereocenters. The van der Waals surface area contributed by atoms with Gasteiger partial charge in [-0.25, -0.2) is 4.79 Å². The molecule has 1 saturated heterocycles. The molecule has 2 amide bonds. The molecule has 1 aliphatic heterocycles. The third-order valence-corrected chi connectivity index (χ3v) is 6.72. The predicted molar refractivity (Wildman–Crippen MR) is 131 cm³/mol. The van der Waals surface area contributed by atoms with Crippen LogP contribution in [0.5, 0.6) is 0 Å². The van der Waals surface area contributed by atoms with Gasteiger partial charge in [-0.15, -0.1) is 0 Å². The molecule has 8 heteroatoms. The van der Waals surface area contributed by atoms with E-state index in [0.29, 0.717) is 16.6 Å². The zero-order valence-corrected chi connectivity index (χ0v) is 20.6. The van der Waals surface area contributed by atoms with Crippen LogP contribution in [0.1, 0.15) is 58.6 Å². The van der Waals surface area contributed by atoms with Gasteiger partial charge in [-0.3, -0.25) is 14.5 Å². The van der Waals surface area contributed by atoms with E-state index in [0.717, 1.165) is 39.3 Å². The molecule has 3 aromatic rings. The Morgan fingerprint density at radius 1 is 1.12 bits per heavy atom. The maximum atomic E-state index is 13.0. The lowest BCUT2D eigenvalue weighted by Gasteiger charge is -2.12. The largest absolute Gasteiger partial charge is 0.463 e. The van der Waals surface area contributed by atoms with E-state index in [4.69, 9.17) is 4.42 Å². The summed E-state index contributed by atoms with van der Waals surface area (Å²) in [5, 5.41) is -0.384. The minimum atomic E-state index is -0.616. The Hall–Kier alpha value is -3.52. The molecule has 0 aliphatic carbocycles. The number of carbonyl (C=O) groups is 3. The van der Waals surface area contributed by atoms with Crippen molar-refractivity contribution < 1.29 is 23.5 Å². The number of imide groups is 1. The highest BCUT2D eigenvalue weighted by Gasteiger charge is 2.36.